The second-order valence-corrected chi connectivity index (χ2v) is 4.14. The van der Waals surface area contributed by atoms with Crippen molar-refractivity contribution in [3.05, 3.63) is 12.2 Å². The number of carbonyl (C=O) groups is 1. The maximum atomic E-state index is 11.0. The first kappa shape index (κ1) is 9.30. The molecule has 0 aliphatic carbocycles. The van der Waals surface area contributed by atoms with Crippen molar-refractivity contribution in [1.82, 2.24) is 0 Å². The third-order valence-electron chi connectivity index (χ3n) is 2.37. The lowest BCUT2D eigenvalue weighted by Gasteiger charge is -2.24. The summed E-state index contributed by atoms with van der Waals surface area (Å²) in [6.07, 6.45) is 1.43. The topological polar surface area (TPSA) is 26.3 Å². The first-order valence-corrected chi connectivity index (χ1v) is 4.28. The fourth-order valence-electron chi connectivity index (χ4n) is 1.60. The van der Waals surface area contributed by atoms with Crippen LogP contribution in [0.4, 0.5) is 0 Å². The van der Waals surface area contributed by atoms with Gasteiger partial charge in [-0.05, 0) is 27.2 Å². The van der Waals surface area contributed by atoms with Crippen molar-refractivity contribution in [2.75, 3.05) is 0 Å². The molecule has 0 bridgehead atoms. The molecule has 0 spiro atoms. The zero-order chi connectivity index (χ0) is 9.35. The summed E-state index contributed by atoms with van der Waals surface area (Å²) in [5, 5.41) is 0. The summed E-state index contributed by atoms with van der Waals surface area (Å²) in [4.78, 5) is 11.0. The monoisotopic (exact) mass is 168 g/mol. The molecule has 2 heteroatoms. The van der Waals surface area contributed by atoms with Gasteiger partial charge in [0.2, 0.25) is 0 Å². The molecule has 1 aliphatic rings. The SMILES string of the molecule is C=C(C)CC1CC(=O)OC1(C)C. The summed E-state index contributed by atoms with van der Waals surface area (Å²) in [7, 11) is 0. The van der Waals surface area contributed by atoms with Crippen molar-refractivity contribution in [1.29, 1.82) is 0 Å². The molecule has 12 heavy (non-hydrogen) atoms. The maximum absolute atomic E-state index is 11.0. The number of allylic oxidation sites excluding steroid dienone is 1. The highest BCUT2D eigenvalue weighted by molar-refractivity contribution is 5.72. The van der Waals surface area contributed by atoms with E-state index in [1.54, 1.807) is 0 Å². The summed E-state index contributed by atoms with van der Waals surface area (Å²) in [5.74, 6) is 0.230. The lowest BCUT2D eigenvalue weighted by atomic mass is 9.86. The number of hydrogen-bond acceptors (Lipinski definition) is 2. The van der Waals surface area contributed by atoms with Gasteiger partial charge >= 0.3 is 5.97 Å². The van der Waals surface area contributed by atoms with Crippen LogP contribution in [-0.4, -0.2) is 11.6 Å². The Hall–Kier alpha value is -0.790. The standard InChI is InChI=1S/C10H16O2/c1-7(2)5-8-6-9(11)12-10(8,3)4/h8H,1,5-6H2,2-4H3. The van der Waals surface area contributed by atoms with E-state index in [2.05, 4.69) is 6.58 Å². The smallest absolute Gasteiger partial charge is 0.306 e. The van der Waals surface area contributed by atoms with E-state index in [0.717, 1.165) is 12.0 Å². The zero-order valence-corrected chi connectivity index (χ0v) is 8.02. The highest BCUT2D eigenvalue weighted by Gasteiger charge is 2.41. The molecular weight excluding hydrogens is 152 g/mol. The van der Waals surface area contributed by atoms with Crippen LogP contribution in [0.3, 0.4) is 0 Å². The number of rotatable bonds is 2. The van der Waals surface area contributed by atoms with Crippen LogP contribution in [0.2, 0.25) is 0 Å². The van der Waals surface area contributed by atoms with Gasteiger partial charge in [0.25, 0.3) is 0 Å². The van der Waals surface area contributed by atoms with E-state index in [1.807, 2.05) is 20.8 Å². The minimum absolute atomic E-state index is 0.0775. The van der Waals surface area contributed by atoms with E-state index in [-0.39, 0.29) is 11.6 Å². The van der Waals surface area contributed by atoms with E-state index >= 15 is 0 Å². The molecule has 0 N–H and O–H groups in total. The molecule has 2 nitrogen and oxygen atoms in total. The number of ether oxygens (including phenoxy) is 1. The van der Waals surface area contributed by atoms with Crippen molar-refractivity contribution in [3.8, 4) is 0 Å². The molecular formula is C10H16O2. The lowest BCUT2D eigenvalue weighted by molar-refractivity contribution is -0.146. The molecule has 1 saturated heterocycles. The van der Waals surface area contributed by atoms with Gasteiger partial charge in [-0.1, -0.05) is 5.57 Å². The molecule has 0 amide bonds. The minimum Gasteiger partial charge on any atom is -0.459 e. The Morgan fingerprint density at radius 3 is 2.67 bits per heavy atom. The Kier molecular flexibility index (Phi) is 2.27. The predicted octanol–water partition coefficient (Wildman–Crippen LogP) is 2.29. The highest BCUT2D eigenvalue weighted by atomic mass is 16.6. The first-order valence-electron chi connectivity index (χ1n) is 4.28. The number of carbonyl (C=O) groups excluding carboxylic acids is 1. The fourth-order valence-corrected chi connectivity index (χ4v) is 1.60. The summed E-state index contributed by atoms with van der Waals surface area (Å²) >= 11 is 0. The van der Waals surface area contributed by atoms with Crippen LogP contribution < -0.4 is 0 Å². The molecule has 0 aromatic heterocycles. The first-order chi connectivity index (χ1) is 5.42. The highest BCUT2D eigenvalue weighted by Crippen LogP contribution is 2.36. The van der Waals surface area contributed by atoms with Crippen LogP contribution in [0.25, 0.3) is 0 Å². The van der Waals surface area contributed by atoms with Gasteiger partial charge < -0.3 is 4.74 Å². The molecule has 1 rings (SSSR count). The third-order valence-corrected chi connectivity index (χ3v) is 2.37. The Balaban J connectivity index is 2.65. The molecule has 68 valence electrons. The average Bonchev–Trinajstić information content (AvgIpc) is 2.04. The summed E-state index contributed by atoms with van der Waals surface area (Å²) < 4.78 is 5.18. The number of esters is 1. The van der Waals surface area contributed by atoms with Crippen molar-refractivity contribution in [3.63, 3.8) is 0 Å². The summed E-state index contributed by atoms with van der Waals surface area (Å²) in [6.45, 7) is 9.75. The fraction of sp³-hybridized carbons (Fsp3) is 0.700. The van der Waals surface area contributed by atoms with Crippen molar-refractivity contribution in [2.45, 2.75) is 39.2 Å². The van der Waals surface area contributed by atoms with Crippen LogP contribution in [0.1, 0.15) is 33.6 Å². The van der Waals surface area contributed by atoms with Crippen LogP contribution >= 0.6 is 0 Å². The Labute approximate surface area is 73.6 Å². The summed E-state index contributed by atoms with van der Waals surface area (Å²) in [5.41, 5.74) is 0.821. The Bertz CT molecular complexity index is 216. The van der Waals surface area contributed by atoms with Gasteiger partial charge in [0.1, 0.15) is 5.60 Å². The Morgan fingerprint density at radius 1 is 1.75 bits per heavy atom. The van der Waals surface area contributed by atoms with E-state index in [1.165, 1.54) is 0 Å². The second kappa shape index (κ2) is 2.92. The molecule has 1 atom stereocenters. The zero-order valence-electron chi connectivity index (χ0n) is 8.02. The molecule has 1 heterocycles. The average molecular weight is 168 g/mol. The molecule has 0 saturated carbocycles. The van der Waals surface area contributed by atoms with Gasteiger partial charge in [0, 0.05) is 5.92 Å². The number of hydrogen-bond donors (Lipinski definition) is 0. The maximum Gasteiger partial charge on any atom is 0.306 e. The largest absolute Gasteiger partial charge is 0.459 e. The van der Waals surface area contributed by atoms with Gasteiger partial charge in [-0.3, -0.25) is 4.79 Å². The predicted molar refractivity (Wildman–Crippen MR) is 47.7 cm³/mol. The van der Waals surface area contributed by atoms with Crippen LogP contribution in [-0.2, 0) is 9.53 Å². The molecule has 1 unspecified atom stereocenters. The van der Waals surface area contributed by atoms with Gasteiger partial charge in [-0.25, -0.2) is 0 Å². The Morgan fingerprint density at radius 2 is 2.33 bits per heavy atom. The van der Waals surface area contributed by atoms with E-state index in [4.69, 9.17) is 4.74 Å². The van der Waals surface area contributed by atoms with Gasteiger partial charge in [0.15, 0.2) is 0 Å². The molecule has 1 aliphatic heterocycles. The summed E-state index contributed by atoms with van der Waals surface area (Å²) in [6, 6.07) is 0. The van der Waals surface area contributed by atoms with Crippen molar-refractivity contribution >= 4 is 5.97 Å². The van der Waals surface area contributed by atoms with E-state index < -0.39 is 0 Å². The third kappa shape index (κ3) is 1.87. The second-order valence-electron chi connectivity index (χ2n) is 4.14. The van der Waals surface area contributed by atoms with Crippen LogP contribution in [0.15, 0.2) is 12.2 Å². The number of cyclic esters (lactones) is 1. The molecule has 0 aromatic rings. The molecule has 0 radical (unpaired) electrons. The van der Waals surface area contributed by atoms with E-state index in [0.29, 0.717) is 12.3 Å². The van der Waals surface area contributed by atoms with Gasteiger partial charge in [-0.2, -0.15) is 0 Å². The lowest BCUT2D eigenvalue weighted by Crippen LogP contribution is -2.27. The quantitative estimate of drug-likeness (QED) is 0.467. The van der Waals surface area contributed by atoms with Crippen molar-refractivity contribution in [2.24, 2.45) is 5.92 Å². The van der Waals surface area contributed by atoms with Crippen LogP contribution in [0, 0.1) is 5.92 Å². The normalized spacial score (nSPS) is 26.9. The molecule has 0 aromatic carbocycles. The van der Waals surface area contributed by atoms with E-state index in [9.17, 15) is 4.79 Å². The van der Waals surface area contributed by atoms with Crippen LogP contribution in [0.5, 0.6) is 0 Å². The minimum atomic E-state index is -0.296. The molecule has 1 fully saturated rings. The van der Waals surface area contributed by atoms with Gasteiger partial charge in [0.05, 0.1) is 6.42 Å². The van der Waals surface area contributed by atoms with Gasteiger partial charge in [-0.15, -0.1) is 6.58 Å². The van der Waals surface area contributed by atoms with Crippen molar-refractivity contribution < 1.29 is 9.53 Å².